The Morgan fingerprint density at radius 1 is 1.06 bits per heavy atom. The van der Waals surface area contributed by atoms with Gasteiger partial charge in [0.15, 0.2) is 0 Å². The molecule has 0 saturated carbocycles. The minimum Gasteiger partial charge on any atom is -0.437 e. The molecule has 0 aliphatic heterocycles. The van der Waals surface area contributed by atoms with Gasteiger partial charge in [-0.05, 0) is 13.1 Å². The zero-order chi connectivity index (χ0) is 13.0. The summed E-state index contributed by atoms with van der Waals surface area (Å²) in [7, 11) is -7.62. The standard InChI is InChI=1S/C10H21O3PSi2/c1-8-12-14(11,16(6,7)10-3)13-15(4,5)9-2/h8-10H,1-3H2,4-7H3. The number of hydrogen-bond acceptors (Lipinski definition) is 3. The summed E-state index contributed by atoms with van der Waals surface area (Å²) in [5.41, 5.74) is 3.45. The molecule has 0 N–H and O–H groups in total. The summed E-state index contributed by atoms with van der Waals surface area (Å²) in [5.74, 6) is 0. The van der Waals surface area contributed by atoms with E-state index >= 15 is 0 Å². The monoisotopic (exact) mass is 276 g/mol. The van der Waals surface area contributed by atoms with Gasteiger partial charge in [0, 0.05) is 0 Å². The molecule has 1 unspecified atom stereocenters. The van der Waals surface area contributed by atoms with Crippen molar-refractivity contribution in [2.24, 2.45) is 0 Å². The minimum atomic E-state index is -3.17. The molecule has 0 rings (SSSR count). The largest absolute Gasteiger partial charge is 0.437 e. The highest BCUT2D eigenvalue weighted by Crippen LogP contribution is 2.59. The molecule has 0 aromatic carbocycles. The van der Waals surface area contributed by atoms with Gasteiger partial charge in [-0.25, -0.2) is 0 Å². The van der Waals surface area contributed by atoms with Crippen LogP contribution in [0, 0.1) is 0 Å². The first kappa shape index (κ1) is 15.6. The second-order valence-electron chi connectivity index (χ2n) is 4.53. The predicted octanol–water partition coefficient (Wildman–Crippen LogP) is 4.22. The van der Waals surface area contributed by atoms with Crippen molar-refractivity contribution in [2.45, 2.75) is 26.2 Å². The van der Waals surface area contributed by atoms with Crippen molar-refractivity contribution in [3.63, 3.8) is 0 Å². The third-order valence-electron chi connectivity index (χ3n) is 2.27. The summed E-state index contributed by atoms with van der Waals surface area (Å²) in [6.07, 6.45) is 1.19. The maximum absolute atomic E-state index is 12.7. The number of rotatable bonds is 7. The second-order valence-corrected chi connectivity index (χ2v) is 18.9. The van der Waals surface area contributed by atoms with E-state index in [0.29, 0.717) is 0 Å². The molecule has 3 nitrogen and oxygen atoms in total. The fraction of sp³-hybridized carbons (Fsp3) is 0.400. The van der Waals surface area contributed by atoms with E-state index in [9.17, 15) is 4.57 Å². The lowest BCUT2D eigenvalue weighted by Gasteiger charge is -2.33. The van der Waals surface area contributed by atoms with Crippen LogP contribution >= 0.6 is 7.14 Å². The van der Waals surface area contributed by atoms with Crippen LogP contribution in [0.2, 0.25) is 26.2 Å². The van der Waals surface area contributed by atoms with Crippen LogP contribution in [0.15, 0.2) is 37.4 Å². The fourth-order valence-electron chi connectivity index (χ4n) is 0.832. The van der Waals surface area contributed by atoms with Crippen molar-refractivity contribution in [3.8, 4) is 0 Å². The minimum absolute atomic E-state index is 1.19. The third-order valence-corrected chi connectivity index (χ3v) is 14.9. The van der Waals surface area contributed by atoms with E-state index in [-0.39, 0.29) is 0 Å². The molecule has 0 fully saturated rings. The van der Waals surface area contributed by atoms with E-state index in [2.05, 4.69) is 19.7 Å². The molecule has 0 aromatic heterocycles. The van der Waals surface area contributed by atoms with Crippen molar-refractivity contribution in [1.29, 1.82) is 0 Å². The van der Waals surface area contributed by atoms with E-state index in [1.165, 1.54) is 6.26 Å². The molecule has 16 heavy (non-hydrogen) atoms. The maximum atomic E-state index is 12.7. The summed E-state index contributed by atoms with van der Waals surface area (Å²) in [4.78, 5) is 0. The zero-order valence-electron chi connectivity index (χ0n) is 10.5. The first-order chi connectivity index (χ1) is 7.14. The lowest BCUT2D eigenvalue weighted by Crippen LogP contribution is -2.34. The van der Waals surface area contributed by atoms with Crippen LogP contribution in [0.3, 0.4) is 0 Å². The molecule has 0 spiro atoms. The SMILES string of the molecule is C=COP(=O)(O[Si](C)(C)C=C)[Si](C)(C)C=C. The van der Waals surface area contributed by atoms with E-state index in [0.717, 1.165) is 0 Å². The van der Waals surface area contributed by atoms with E-state index < -0.39 is 23.2 Å². The van der Waals surface area contributed by atoms with Gasteiger partial charge in [0.05, 0.1) is 6.26 Å². The van der Waals surface area contributed by atoms with Crippen LogP contribution in [0.1, 0.15) is 0 Å². The summed E-state index contributed by atoms with van der Waals surface area (Å²) in [5, 5.41) is 0. The van der Waals surface area contributed by atoms with Crippen LogP contribution in [0.25, 0.3) is 0 Å². The molecular formula is C10H21O3PSi2. The molecule has 0 saturated heterocycles. The van der Waals surface area contributed by atoms with Crippen molar-refractivity contribution in [2.75, 3.05) is 0 Å². The summed E-state index contributed by atoms with van der Waals surface area (Å²) >= 11 is 0. The van der Waals surface area contributed by atoms with E-state index in [1.807, 2.05) is 26.2 Å². The molecule has 0 heterocycles. The van der Waals surface area contributed by atoms with Gasteiger partial charge in [0.25, 0.3) is 0 Å². The van der Waals surface area contributed by atoms with Crippen LogP contribution < -0.4 is 0 Å². The topological polar surface area (TPSA) is 35.5 Å². The molecule has 0 radical (unpaired) electrons. The van der Waals surface area contributed by atoms with Gasteiger partial charge in [0.1, 0.15) is 0 Å². The van der Waals surface area contributed by atoms with Crippen LogP contribution in [-0.4, -0.2) is 16.1 Å². The molecule has 0 aliphatic carbocycles. The van der Waals surface area contributed by atoms with E-state index in [1.54, 1.807) is 11.4 Å². The fourth-order valence-corrected chi connectivity index (χ4v) is 11.4. The molecule has 1 atom stereocenters. The van der Waals surface area contributed by atoms with Crippen molar-refractivity contribution in [1.82, 2.24) is 0 Å². The molecule has 0 bridgehead atoms. The Morgan fingerprint density at radius 3 is 1.88 bits per heavy atom. The van der Waals surface area contributed by atoms with Crippen molar-refractivity contribution < 1.29 is 13.3 Å². The highest BCUT2D eigenvalue weighted by Gasteiger charge is 2.47. The molecule has 0 amide bonds. The molecular weight excluding hydrogens is 255 g/mol. The average molecular weight is 276 g/mol. The van der Waals surface area contributed by atoms with Gasteiger partial charge < -0.3 is 8.74 Å². The van der Waals surface area contributed by atoms with Gasteiger partial charge in [-0.15, -0.1) is 13.2 Å². The van der Waals surface area contributed by atoms with Crippen LogP contribution in [0.4, 0.5) is 0 Å². The maximum Gasteiger partial charge on any atom is 0.336 e. The first-order valence-electron chi connectivity index (χ1n) is 5.01. The molecule has 0 aliphatic rings. The first-order valence-corrected chi connectivity index (χ1v) is 13.5. The lowest BCUT2D eigenvalue weighted by molar-refractivity contribution is 0.372. The quantitative estimate of drug-likeness (QED) is 0.397. The van der Waals surface area contributed by atoms with Crippen molar-refractivity contribution >= 4 is 23.2 Å². The Balaban J connectivity index is 5.29. The highest BCUT2D eigenvalue weighted by molar-refractivity contribution is 7.94. The Hall–Kier alpha value is -0.356. The molecule has 0 aromatic rings. The normalized spacial score (nSPS) is 16.0. The molecule has 92 valence electrons. The Labute approximate surface area is 100 Å². The Kier molecular flexibility index (Phi) is 5.20. The Morgan fingerprint density at radius 2 is 1.56 bits per heavy atom. The van der Waals surface area contributed by atoms with E-state index in [4.69, 9.17) is 8.74 Å². The lowest BCUT2D eigenvalue weighted by atomic mass is 11.2. The van der Waals surface area contributed by atoms with Crippen LogP contribution in [0.5, 0.6) is 0 Å². The average Bonchev–Trinajstić information content (AvgIpc) is 2.17. The summed E-state index contributed by atoms with van der Waals surface area (Å²) < 4.78 is 23.6. The van der Waals surface area contributed by atoms with Gasteiger partial charge in [-0.2, -0.15) is 0 Å². The molecule has 6 heteroatoms. The summed E-state index contributed by atoms with van der Waals surface area (Å²) in [6.45, 7) is 18.5. The zero-order valence-corrected chi connectivity index (χ0v) is 13.4. The Bertz CT molecular complexity index is 337. The second kappa shape index (κ2) is 5.32. The van der Waals surface area contributed by atoms with Crippen LogP contribution in [-0.2, 0) is 13.3 Å². The third kappa shape index (κ3) is 3.59. The van der Waals surface area contributed by atoms with Gasteiger partial charge in [-0.1, -0.05) is 31.1 Å². The van der Waals surface area contributed by atoms with Crippen molar-refractivity contribution in [3.05, 3.63) is 37.4 Å². The smallest absolute Gasteiger partial charge is 0.336 e. The summed E-state index contributed by atoms with van der Waals surface area (Å²) in [6, 6.07) is 0. The highest BCUT2D eigenvalue weighted by atomic mass is 31.4. The predicted molar refractivity (Wildman–Crippen MR) is 75.3 cm³/mol. The number of hydrogen-bond donors (Lipinski definition) is 0. The van der Waals surface area contributed by atoms with Gasteiger partial charge in [-0.3, -0.25) is 4.57 Å². The van der Waals surface area contributed by atoms with Gasteiger partial charge >= 0.3 is 7.14 Å². The van der Waals surface area contributed by atoms with Gasteiger partial charge in [0.2, 0.25) is 16.1 Å².